The highest BCUT2D eigenvalue weighted by Crippen LogP contribution is 2.42. The Bertz CT molecular complexity index is 932. The number of amides is 1. The van der Waals surface area contributed by atoms with Crippen molar-refractivity contribution in [1.29, 1.82) is 5.26 Å². The zero-order chi connectivity index (χ0) is 22.3. The van der Waals surface area contributed by atoms with Crippen molar-refractivity contribution in [2.45, 2.75) is 30.9 Å². The highest BCUT2D eigenvalue weighted by Gasteiger charge is 2.35. The van der Waals surface area contributed by atoms with Gasteiger partial charge in [0.25, 0.3) is 0 Å². The van der Waals surface area contributed by atoms with Crippen molar-refractivity contribution in [3.8, 4) is 17.2 Å². The number of carbonyl (C=O) groups excluding carboxylic acids is 1. The molecule has 168 valence electrons. The summed E-state index contributed by atoms with van der Waals surface area (Å²) in [6, 6.07) is 19.4. The quantitative estimate of drug-likeness (QED) is 0.458. The number of nitriles is 1. The molecular weight excluding hydrogens is 416 g/mol. The fourth-order valence-corrected chi connectivity index (χ4v) is 5.56. The van der Waals surface area contributed by atoms with E-state index in [1.807, 2.05) is 6.07 Å². The number of rotatable bonds is 6. The van der Waals surface area contributed by atoms with Gasteiger partial charge in [-0.25, -0.2) is 0 Å². The number of nitrogens with zero attached hydrogens (tertiary/aromatic N) is 2. The first-order valence-electron chi connectivity index (χ1n) is 11.7. The lowest BCUT2D eigenvalue weighted by Crippen LogP contribution is -2.43. The number of hydrogen-bond donors (Lipinski definition) is 3. The van der Waals surface area contributed by atoms with E-state index in [-0.39, 0.29) is 29.5 Å². The topological polar surface area (TPSA) is 68.2 Å². The highest BCUT2D eigenvalue weighted by molar-refractivity contribution is 7.80. The van der Waals surface area contributed by atoms with Gasteiger partial charge in [-0.2, -0.15) is 17.9 Å². The second-order valence-electron chi connectivity index (χ2n) is 8.78. The number of benzene rings is 2. The Kier molecular flexibility index (Phi) is 7.72. The predicted molar refractivity (Wildman–Crippen MR) is 133 cm³/mol. The summed E-state index contributed by atoms with van der Waals surface area (Å²) >= 11 is 4.95. The van der Waals surface area contributed by atoms with Crippen LogP contribution in [0.1, 0.15) is 36.5 Å². The minimum atomic E-state index is -0.0724. The normalized spacial score (nSPS) is 22.1. The van der Waals surface area contributed by atoms with E-state index in [0.717, 1.165) is 57.4 Å². The average molecular weight is 449 g/mol. The summed E-state index contributed by atoms with van der Waals surface area (Å²) in [5, 5.41) is 14.9. The van der Waals surface area contributed by atoms with Gasteiger partial charge in [-0.05, 0) is 47.6 Å². The van der Waals surface area contributed by atoms with Crippen LogP contribution in [0.3, 0.4) is 0 Å². The molecule has 1 saturated heterocycles. The van der Waals surface area contributed by atoms with Gasteiger partial charge in [0.1, 0.15) is 6.54 Å². The van der Waals surface area contributed by atoms with Crippen molar-refractivity contribution in [3.05, 3.63) is 54.1 Å². The third kappa shape index (κ3) is 5.28. The minimum Gasteiger partial charge on any atom is -0.369 e. The molecule has 0 aromatic heterocycles. The number of anilines is 1. The molecule has 2 aliphatic rings. The molecule has 1 unspecified atom stereocenters. The van der Waals surface area contributed by atoms with E-state index in [1.165, 1.54) is 16.8 Å². The van der Waals surface area contributed by atoms with Crippen LogP contribution in [-0.2, 0) is 4.79 Å². The number of nitrogens with one attached hydrogen (secondary N) is 2. The average Bonchev–Trinajstić information content (AvgIpc) is 2.87. The van der Waals surface area contributed by atoms with E-state index in [9.17, 15) is 4.79 Å². The summed E-state index contributed by atoms with van der Waals surface area (Å²) in [5.41, 5.74) is 4.82. The van der Waals surface area contributed by atoms with E-state index < -0.39 is 0 Å². The standard InChI is InChI=1S/C26H32N4OS/c27-13-14-29-26(31)24-4-2-1-3-23(24)25(32)21-7-5-19(6-8-21)20-9-11-22(12-10-20)30-17-15-28-16-18-30/h5-12,23-25,28,32H,1-4,14-18H2,(H,29,31)/t23-,24-,25?/m0/s1. The van der Waals surface area contributed by atoms with Crippen molar-refractivity contribution in [2.24, 2.45) is 11.8 Å². The Balaban J connectivity index is 1.44. The largest absolute Gasteiger partial charge is 0.369 e. The zero-order valence-corrected chi connectivity index (χ0v) is 19.4. The second kappa shape index (κ2) is 10.9. The Morgan fingerprint density at radius 1 is 1.06 bits per heavy atom. The Labute approximate surface area is 196 Å². The van der Waals surface area contributed by atoms with Crippen LogP contribution < -0.4 is 15.5 Å². The molecule has 2 aromatic carbocycles. The number of hydrogen-bond acceptors (Lipinski definition) is 5. The highest BCUT2D eigenvalue weighted by atomic mass is 32.1. The van der Waals surface area contributed by atoms with Gasteiger partial charge in [-0.15, -0.1) is 0 Å². The van der Waals surface area contributed by atoms with Gasteiger partial charge in [0.2, 0.25) is 5.91 Å². The van der Waals surface area contributed by atoms with Crippen LogP contribution >= 0.6 is 12.6 Å². The molecule has 1 saturated carbocycles. The van der Waals surface area contributed by atoms with Crippen LogP contribution in [-0.4, -0.2) is 38.6 Å². The summed E-state index contributed by atoms with van der Waals surface area (Å²) < 4.78 is 0. The molecule has 0 bridgehead atoms. The van der Waals surface area contributed by atoms with Crippen molar-refractivity contribution in [1.82, 2.24) is 10.6 Å². The maximum absolute atomic E-state index is 12.6. The first-order valence-corrected chi connectivity index (χ1v) is 12.2. The summed E-state index contributed by atoms with van der Waals surface area (Å²) in [7, 11) is 0. The molecule has 1 amide bonds. The molecule has 6 heteroatoms. The van der Waals surface area contributed by atoms with Crippen LogP contribution in [0.15, 0.2) is 48.5 Å². The van der Waals surface area contributed by atoms with Crippen LogP contribution in [0.4, 0.5) is 5.69 Å². The van der Waals surface area contributed by atoms with E-state index in [4.69, 9.17) is 17.9 Å². The lowest BCUT2D eigenvalue weighted by atomic mass is 9.75. The molecule has 1 heterocycles. The zero-order valence-electron chi connectivity index (χ0n) is 18.5. The summed E-state index contributed by atoms with van der Waals surface area (Å²) in [5.74, 6) is 0.114. The molecule has 2 fully saturated rings. The third-order valence-electron chi connectivity index (χ3n) is 6.84. The lowest BCUT2D eigenvalue weighted by Gasteiger charge is -2.34. The minimum absolute atomic E-state index is 0.00324. The fourth-order valence-electron chi connectivity index (χ4n) is 5.03. The van der Waals surface area contributed by atoms with Gasteiger partial charge in [-0.3, -0.25) is 4.79 Å². The predicted octanol–water partition coefficient (Wildman–Crippen LogP) is 4.18. The summed E-state index contributed by atoms with van der Waals surface area (Å²) in [4.78, 5) is 15.0. The maximum Gasteiger partial charge on any atom is 0.224 e. The SMILES string of the molecule is N#CCNC(=O)[C@H]1CCCC[C@@H]1C(S)c1ccc(-c2ccc(N3CCNCC3)cc2)cc1. The Morgan fingerprint density at radius 3 is 2.34 bits per heavy atom. The van der Waals surface area contributed by atoms with Crippen molar-refractivity contribution in [2.75, 3.05) is 37.6 Å². The first-order chi connectivity index (χ1) is 15.7. The molecule has 2 N–H and O–H groups in total. The lowest BCUT2D eigenvalue weighted by molar-refractivity contribution is -0.127. The monoisotopic (exact) mass is 448 g/mol. The smallest absolute Gasteiger partial charge is 0.224 e. The van der Waals surface area contributed by atoms with E-state index in [2.05, 4.69) is 64.1 Å². The molecule has 0 spiro atoms. The number of carbonyl (C=O) groups is 1. The molecule has 2 aromatic rings. The molecule has 0 radical (unpaired) electrons. The van der Waals surface area contributed by atoms with Gasteiger partial charge >= 0.3 is 0 Å². The van der Waals surface area contributed by atoms with Gasteiger partial charge in [-0.1, -0.05) is 49.2 Å². The fraction of sp³-hybridized carbons (Fsp3) is 0.462. The number of thiol groups is 1. The molecular formula is C26H32N4OS. The van der Waals surface area contributed by atoms with E-state index in [1.54, 1.807) is 0 Å². The first kappa shape index (κ1) is 22.7. The molecule has 4 rings (SSSR count). The van der Waals surface area contributed by atoms with Gasteiger partial charge < -0.3 is 15.5 Å². The number of piperazine rings is 1. The van der Waals surface area contributed by atoms with Gasteiger partial charge in [0, 0.05) is 43.0 Å². The van der Waals surface area contributed by atoms with Gasteiger partial charge in [0.05, 0.1) is 6.07 Å². The Morgan fingerprint density at radius 2 is 1.69 bits per heavy atom. The van der Waals surface area contributed by atoms with Crippen molar-refractivity contribution < 1.29 is 4.79 Å². The van der Waals surface area contributed by atoms with Crippen LogP contribution in [0, 0.1) is 23.2 Å². The van der Waals surface area contributed by atoms with Crippen LogP contribution in [0.2, 0.25) is 0 Å². The third-order valence-corrected chi connectivity index (χ3v) is 7.52. The van der Waals surface area contributed by atoms with Gasteiger partial charge in [0.15, 0.2) is 0 Å². The molecule has 5 nitrogen and oxygen atoms in total. The van der Waals surface area contributed by atoms with Crippen LogP contribution in [0.5, 0.6) is 0 Å². The van der Waals surface area contributed by atoms with Crippen molar-refractivity contribution >= 4 is 24.2 Å². The Hall–Kier alpha value is -2.49. The van der Waals surface area contributed by atoms with Crippen LogP contribution in [0.25, 0.3) is 11.1 Å². The maximum atomic E-state index is 12.6. The van der Waals surface area contributed by atoms with E-state index in [0.29, 0.717) is 0 Å². The summed E-state index contributed by atoms with van der Waals surface area (Å²) in [6.07, 6.45) is 4.05. The second-order valence-corrected chi connectivity index (χ2v) is 9.34. The molecule has 3 atom stereocenters. The molecule has 32 heavy (non-hydrogen) atoms. The molecule has 1 aliphatic carbocycles. The van der Waals surface area contributed by atoms with Crippen molar-refractivity contribution in [3.63, 3.8) is 0 Å². The summed E-state index contributed by atoms with van der Waals surface area (Å²) in [6.45, 7) is 4.25. The van der Waals surface area contributed by atoms with E-state index >= 15 is 0 Å². The molecule has 1 aliphatic heterocycles.